The van der Waals surface area contributed by atoms with Gasteiger partial charge in [0.05, 0.1) is 32.0 Å². The lowest BCUT2D eigenvalue weighted by Crippen LogP contribution is -2.30. The number of hydrogen-bond acceptors (Lipinski definition) is 5. The van der Waals surface area contributed by atoms with Gasteiger partial charge < -0.3 is 14.8 Å². The Morgan fingerprint density at radius 3 is 2.64 bits per heavy atom. The zero-order valence-electron chi connectivity index (χ0n) is 14.6. The second kappa shape index (κ2) is 8.71. The number of rotatable bonds is 7. The molecule has 0 saturated carbocycles. The lowest BCUT2D eigenvalue weighted by atomic mass is 10.1. The largest absolute Gasteiger partial charge is 0.497 e. The predicted molar refractivity (Wildman–Crippen MR) is 95.7 cm³/mol. The molecule has 0 aliphatic rings. The van der Waals surface area contributed by atoms with Crippen LogP contribution in [0.2, 0.25) is 0 Å². The number of carbonyl (C=O) groups excluding carboxylic acids is 1. The van der Waals surface area contributed by atoms with E-state index in [4.69, 9.17) is 14.7 Å². The van der Waals surface area contributed by atoms with Gasteiger partial charge in [0, 0.05) is 18.2 Å². The predicted octanol–water partition coefficient (Wildman–Crippen LogP) is 2.65. The molecule has 0 atom stereocenters. The molecule has 0 aromatic heterocycles. The number of benzene rings is 2. The third kappa shape index (κ3) is 4.96. The molecule has 130 valence electrons. The van der Waals surface area contributed by atoms with Crippen LogP contribution in [-0.4, -0.2) is 38.6 Å². The van der Waals surface area contributed by atoms with Gasteiger partial charge in [0.25, 0.3) is 0 Å². The van der Waals surface area contributed by atoms with Gasteiger partial charge in [0.1, 0.15) is 17.6 Å². The maximum absolute atomic E-state index is 12.2. The van der Waals surface area contributed by atoms with E-state index in [1.165, 1.54) is 0 Å². The number of methoxy groups -OCH3 is 2. The smallest absolute Gasteiger partial charge is 0.238 e. The van der Waals surface area contributed by atoms with E-state index < -0.39 is 0 Å². The summed E-state index contributed by atoms with van der Waals surface area (Å²) in [4.78, 5) is 14.1. The monoisotopic (exact) mass is 339 g/mol. The molecular formula is C19H21N3O3. The highest BCUT2D eigenvalue weighted by molar-refractivity contribution is 5.93. The summed E-state index contributed by atoms with van der Waals surface area (Å²) >= 11 is 0. The summed E-state index contributed by atoms with van der Waals surface area (Å²) in [5.74, 6) is 1.24. The van der Waals surface area contributed by atoms with E-state index in [0.717, 1.165) is 5.56 Å². The first kappa shape index (κ1) is 18.3. The number of likely N-dealkylation sites (N-methyl/N-ethyl adjacent to an activating group) is 1. The standard InChI is InChI=1S/C19H21N3O3/c1-22(12-15-8-9-16(24-2)10-18(15)25-3)13-19(23)21-17-7-5-4-6-14(17)11-20/h4-10H,12-13H2,1-3H3,(H,21,23). The highest BCUT2D eigenvalue weighted by atomic mass is 16.5. The van der Waals surface area contributed by atoms with Crippen molar-refractivity contribution in [1.29, 1.82) is 5.26 Å². The summed E-state index contributed by atoms with van der Waals surface area (Å²) in [6, 6.07) is 14.6. The van der Waals surface area contributed by atoms with E-state index in [0.29, 0.717) is 29.3 Å². The molecule has 0 bridgehead atoms. The Labute approximate surface area is 147 Å². The van der Waals surface area contributed by atoms with Crippen molar-refractivity contribution in [3.8, 4) is 17.6 Å². The number of nitriles is 1. The number of carbonyl (C=O) groups is 1. The summed E-state index contributed by atoms with van der Waals surface area (Å²) in [6.07, 6.45) is 0. The van der Waals surface area contributed by atoms with Crippen molar-refractivity contribution in [3.63, 3.8) is 0 Å². The van der Waals surface area contributed by atoms with Crippen molar-refractivity contribution in [2.24, 2.45) is 0 Å². The van der Waals surface area contributed by atoms with Crippen LogP contribution in [0.4, 0.5) is 5.69 Å². The normalized spacial score (nSPS) is 10.2. The number of ether oxygens (including phenoxy) is 2. The fraction of sp³-hybridized carbons (Fsp3) is 0.263. The molecule has 6 heteroatoms. The van der Waals surface area contributed by atoms with Gasteiger partial charge in [-0.15, -0.1) is 0 Å². The minimum atomic E-state index is -0.183. The van der Waals surface area contributed by atoms with Crippen molar-refractivity contribution in [3.05, 3.63) is 53.6 Å². The third-order valence-corrected chi connectivity index (χ3v) is 3.67. The van der Waals surface area contributed by atoms with E-state index >= 15 is 0 Å². The topological polar surface area (TPSA) is 74.6 Å². The van der Waals surface area contributed by atoms with E-state index in [9.17, 15) is 4.79 Å². The first-order valence-electron chi connectivity index (χ1n) is 7.75. The van der Waals surface area contributed by atoms with E-state index in [-0.39, 0.29) is 12.5 Å². The van der Waals surface area contributed by atoms with Gasteiger partial charge in [0.2, 0.25) is 5.91 Å². The van der Waals surface area contributed by atoms with Crippen molar-refractivity contribution in [1.82, 2.24) is 4.90 Å². The maximum atomic E-state index is 12.2. The molecular weight excluding hydrogens is 318 g/mol. The van der Waals surface area contributed by atoms with Crippen molar-refractivity contribution in [2.45, 2.75) is 6.54 Å². The molecule has 1 amide bonds. The van der Waals surface area contributed by atoms with Crippen molar-refractivity contribution in [2.75, 3.05) is 33.1 Å². The second-order valence-corrected chi connectivity index (χ2v) is 5.56. The quantitative estimate of drug-likeness (QED) is 0.839. The highest BCUT2D eigenvalue weighted by Gasteiger charge is 2.12. The van der Waals surface area contributed by atoms with Gasteiger partial charge in [-0.2, -0.15) is 5.26 Å². The van der Waals surface area contributed by atoms with Crippen molar-refractivity contribution < 1.29 is 14.3 Å². The average molecular weight is 339 g/mol. The van der Waals surface area contributed by atoms with Crippen LogP contribution in [0.3, 0.4) is 0 Å². The minimum absolute atomic E-state index is 0.183. The van der Waals surface area contributed by atoms with Gasteiger partial charge in [0.15, 0.2) is 0 Å². The van der Waals surface area contributed by atoms with Crippen LogP contribution in [0.15, 0.2) is 42.5 Å². The SMILES string of the molecule is COc1ccc(CN(C)CC(=O)Nc2ccccc2C#N)c(OC)c1. The Kier molecular flexibility index (Phi) is 6.38. The Morgan fingerprint density at radius 2 is 1.96 bits per heavy atom. The number of nitrogens with zero attached hydrogens (tertiary/aromatic N) is 2. The molecule has 1 N–H and O–H groups in total. The zero-order valence-corrected chi connectivity index (χ0v) is 14.6. The summed E-state index contributed by atoms with van der Waals surface area (Å²) < 4.78 is 10.6. The molecule has 2 aromatic rings. The van der Waals surface area contributed by atoms with Crippen molar-refractivity contribution >= 4 is 11.6 Å². The molecule has 6 nitrogen and oxygen atoms in total. The summed E-state index contributed by atoms with van der Waals surface area (Å²) in [5.41, 5.74) is 1.91. The molecule has 0 fully saturated rings. The Morgan fingerprint density at radius 1 is 1.20 bits per heavy atom. The lowest BCUT2D eigenvalue weighted by molar-refractivity contribution is -0.117. The van der Waals surface area contributed by atoms with Gasteiger partial charge in [-0.05, 0) is 25.2 Å². The summed E-state index contributed by atoms with van der Waals surface area (Å²) in [5, 5.41) is 11.8. The first-order chi connectivity index (χ1) is 12.1. The molecule has 0 unspecified atom stereocenters. The molecule has 0 aliphatic heterocycles. The van der Waals surface area contributed by atoms with Crippen LogP contribution in [0.25, 0.3) is 0 Å². The second-order valence-electron chi connectivity index (χ2n) is 5.56. The fourth-order valence-electron chi connectivity index (χ4n) is 2.45. The van der Waals surface area contributed by atoms with Crippen LogP contribution >= 0.6 is 0 Å². The highest BCUT2D eigenvalue weighted by Crippen LogP contribution is 2.25. The number of nitrogens with one attached hydrogen (secondary N) is 1. The number of amides is 1. The molecule has 2 rings (SSSR count). The molecule has 0 heterocycles. The minimum Gasteiger partial charge on any atom is -0.497 e. The van der Waals surface area contributed by atoms with E-state index in [1.807, 2.05) is 30.1 Å². The molecule has 25 heavy (non-hydrogen) atoms. The van der Waals surface area contributed by atoms with Gasteiger partial charge in [-0.3, -0.25) is 9.69 Å². The fourth-order valence-corrected chi connectivity index (χ4v) is 2.45. The lowest BCUT2D eigenvalue weighted by Gasteiger charge is -2.18. The first-order valence-corrected chi connectivity index (χ1v) is 7.75. The van der Waals surface area contributed by atoms with Crippen LogP contribution in [0.1, 0.15) is 11.1 Å². The van der Waals surface area contributed by atoms with Crippen LogP contribution in [0.5, 0.6) is 11.5 Å². The zero-order chi connectivity index (χ0) is 18.2. The maximum Gasteiger partial charge on any atom is 0.238 e. The molecule has 0 spiro atoms. The molecule has 0 aliphatic carbocycles. The molecule has 2 aromatic carbocycles. The van der Waals surface area contributed by atoms with Gasteiger partial charge in [-0.25, -0.2) is 0 Å². The summed E-state index contributed by atoms with van der Waals surface area (Å²) in [7, 11) is 5.05. The number of hydrogen-bond donors (Lipinski definition) is 1. The van der Waals surface area contributed by atoms with Gasteiger partial charge in [-0.1, -0.05) is 18.2 Å². The molecule has 0 radical (unpaired) electrons. The van der Waals surface area contributed by atoms with Crippen LogP contribution in [-0.2, 0) is 11.3 Å². The van der Waals surface area contributed by atoms with Crippen LogP contribution < -0.4 is 14.8 Å². The summed E-state index contributed by atoms with van der Waals surface area (Å²) in [6.45, 7) is 0.732. The van der Waals surface area contributed by atoms with Crippen LogP contribution in [0, 0.1) is 11.3 Å². The number of anilines is 1. The van der Waals surface area contributed by atoms with Gasteiger partial charge >= 0.3 is 0 Å². The average Bonchev–Trinajstić information content (AvgIpc) is 2.62. The molecule has 0 saturated heterocycles. The number of para-hydroxylation sites is 1. The van der Waals surface area contributed by atoms with E-state index in [2.05, 4.69) is 11.4 Å². The Bertz CT molecular complexity index is 784. The third-order valence-electron chi connectivity index (χ3n) is 3.67. The van der Waals surface area contributed by atoms with E-state index in [1.54, 1.807) is 38.5 Å². The Hall–Kier alpha value is -3.04. The Balaban J connectivity index is 1.99.